The van der Waals surface area contributed by atoms with Gasteiger partial charge in [-0.25, -0.2) is 0 Å². The van der Waals surface area contributed by atoms with Crippen LogP contribution in [0.1, 0.15) is 76.3 Å². The standard InChI is InChI=1S/C60H47NO2/c1-58(2,3)34-24-26-35(27-25-34)61(48-32-46-52(40-20-10-8-16-36(40)48)54-44(59(46,4)5)30-28-42-38-18-12-14-22-50(38)62-56(42)54)49-33-47-53(41-21-11-9-17-37(41)49)55-45(60(47,6)7)31-29-43-39-19-13-15-23-51(39)63-57(43)55/h8-33H,1-7H3. The molecule has 3 nitrogen and oxygen atoms in total. The minimum atomic E-state index is -0.292. The van der Waals surface area contributed by atoms with Crippen LogP contribution in [0, 0.1) is 0 Å². The Balaban J connectivity index is 1.13. The normalized spacial score (nSPS) is 14.8. The Hall–Kier alpha value is -7.10. The molecule has 9 aromatic carbocycles. The predicted molar refractivity (Wildman–Crippen MR) is 265 cm³/mol. The first-order valence-corrected chi connectivity index (χ1v) is 22.3. The summed E-state index contributed by atoms with van der Waals surface area (Å²) in [6.07, 6.45) is 0. The van der Waals surface area contributed by atoms with E-state index in [1.807, 2.05) is 0 Å². The van der Waals surface area contributed by atoms with Crippen molar-refractivity contribution in [2.24, 2.45) is 0 Å². The zero-order valence-electron chi connectivity index (χ0n) is 36.8. The summed E-state index contributed by atoms with van der Waals surface area (Å²) < 4.78 is 13.6. The first-order valence-electron chi connectivity index (χ1n) is 22.3. The fraction of sp³-hybridized carbons (Fsp3) is 0.167. The van der Waals surface area contributed by atoms with Gasteiger partial charge in [0, 0.05) is 60.0 Å². The molecule has 2 aromatic heterocycles. The fourth-order valence-corrected chi connectivity index (χ4v) is 11.5. The third-order valence-electron chi connectivity index (χ3n) is 14.8. The molecule has 0 amide bonds. The molecule has 63 heavy (non-hydrogen) atoms. The van der Waals surface area contributed by atoms with Crippen molar-refractivity contribution in [3.63, 3.8) is 0 Å². The van der Waals surface area contributed by atoms with Crippen LogP contribution >= 0.6 is 0 Å². The molecule has 304 valence electrons. The van der Waals surface area contributed by atoms with E-state index in [0.717, 1.165) is 60.9 Å². The molecule has 0 fully saturated rings. The molecule has 2 heterocycles. The lowest BCUT2D eigenvalue weighted by atomic mass is 9.81. The maximum Gasteiger partial charge on any atom is 0.143 e. The Labute approximate surface area is 367 Å². The molecule has 0 saturated carbocycles. The van der Waals surface area contributed by atoms with E-state index in [4.69, 9.17) is 8.83 Å². The summed E-state index contributed by atoms with van der Waals surface area (Å²) in [5.74, 6) is 0. The molecule has 0 bridgehead atoms. The number of rotatable bonds is 3. The van der Waals surface area contributed by atoms with E-state index in [0.29, 0.717) is 0 Å². The number of fused-ring (bicyclic) bond motifs is 18. The van der Waals surface area contributed by atoms with Crippen LogP contribution < -0.4 is 4.90 Å². The molecule has 0 radical (unpaired) electrons. The molecule has 0 atom stereocenters. The van der Waals surface area contributed by atoms with E-state index in [1.165, 1.54) is 71.6 Å². The topological polar surface area (TPSA) is 29.5 Å². The predicted octanol–water partition coefficient (Wildman–Crippen LogP) is 17.2. The molecular formula is C60H47NO2. The van der Waals surface area contributed by atoms with Gasteiger partial charge in [-0.1, -0.05) is 170 Å². The average Bonchev–Trinajstić information content (AvgIpc) is 3.99. The maximum atomic E-state index is 6.81. The molecule has 0 aliphatic heterocycles. The number of benzene rings is 9. The van der Waals surface area contributed by atoms with Gasteiger partial charge >= 0.3 is 0 Å². The third-order valence-corrected chi connectivity index (χ3v) is 14.8. The highest BCUT2D eigenvalue weighted by Gasteiger charge is 2.42. The number of furan rings is 2. The lowest BCUT2D eigenvalue weighted by Crippen LogP contribution is -2.19. The molecule has 2 aliphatic rings. The number of nitrogens with zero attached hydrogens (tertiary/aromatic N) is 1. The summed E-state index contributed by atoms with van der Waals surface area (Å²) in [5, 5.41) is 9.49. The number of anilines is 3. The Morgan fingerprint density at radius 2 is 0.778 bits per heavy atom. The highest BCUT2D eigenvalue weighted by atomic mass is 16.3. The van der Waals surface area contributed by atoms with Gasteiger partial charge in [-0.3, -0.25) is 0 Å². The van der Waals surface area contributed by atoms with Crippen LogP contribution in [0.5, 0.6) is 0 Å². The molecule has 0 N–H and O–H groups in total. The van der Waals surface area contributed by atoms with Crippen molar-refractivity contribution in [1.82, 2.24) is 0 Å². The zero-order chi connectivity index (χ0) is 42.7. The first kappa shape index (κ1) is 36.5. The Morgan fingerprint density at radius 3 is 1.21 bits per heavy atom. The van der Waals surface area contributed by atoms with Gasteiger partial charge in [-0.2, -0.15) is 0 Å². The van der Waals surface area contributed by atoms with Crippen LogP contribution in [0.25, 0.3) is 87.7 Å². The number of hydrogen-bond acceptors (Lipinski definition) is 3. The van der Waals surface area contributed by atoms with E-state index in [1.54, 1.807) is 0 Å². The largest absolute Gasteiger partial charge is 0.455 e. The highest BCUT2D eigenvalue weighted by Crippen LogP contribution is 2.60. The smallest absolute Gasteiger partial charge is 0.143 e. The molecule has 2 aliphatic carbocycles. The van der Waals surface area contributed by atoms with Crippen LogP contribution in [0.15, 0.2) is 167 Å². The maximum absolute atomic E-state index is 6.81. The van der Waals surface area contributed by atoms with E-state index in [2.05, 4.69) is 211 Å². The summed E-state index contributed by atoms with van der Waals surface area (Å²) in [4.78, 5) is 2.56. The van der Waals surface area contributed by atoms with Gasteiger partial charge in [0.05, 0.1) is 11.4 Å². The van der Waals surface area contributed by atoms with Crippen molar-refractivity contribution < 1.29 is 8.83 Å². The molecule has 0 unspecified atom stereocenters. The van der Waals surface area contributed by atoms with Crippen LogP contribution in [0.2, 0.25) is 0 Å². The molecule has 0 saturated heterocycles. The summed E-state index contributed by atoms with van der Waals surface area (Å²) in [6.45, 7) is 16.4. The van der Waals surface area contributed by atoms with Crippen LogP contribution in [-0.4, -0.2) is 0 Å². The van der Waals surface area contributed by atoms with Crippen LogP contribution in [-0.2, 0) is 16.2 Å². The van der Waals surface area contributed by atoms with Gasteiger partial charge in [0.15, 0.2) is 0 Å². The number of para-hydroxylation sites is 2. The first-order chi connectivity index (χ1) is 30.4. The molecule has 0 spiro atoms. The fourth-order valence-electron chi connectivity index (χ4n) is 11.5. The molecule has 11 aromatic rings. The summed E-state index contributed by atoms with van der Waals surface area (Å²) in [6, 6.07) is 58.5. The van der Waals surface area contributed by atoms with Gasteiger partial charge in [0.25, 0.3) is 0 Å². The van der Waals surface area contributed by atoms with Gasteiger partial charge in [0.1, 0.15) is 22.3 Å². The zero-order valence-corrected chi connectivity index (χ0v) is 36.8. The van der Waals surface area contributed by atoms with E-state index < -0.39 is 0 Å². The second-order valence-corrected chi connectivity index (χ2v) is 20.0. The quantitative estimate of drug-likeness (QED) is 0.178. The lowest BCUT2D eigenvalue weighted by Gasteiger charge is -2.32. The van der Waals surface area contributed by atoms with Gasteiger partial charge < -0.3 is 13.7 Å². The van der Waals surface area contributed by atoms with Crippen molar-refractivity contribution in [2.45, 2.75) is 64.7 Å². The second-order valence-electron chi connectivity index (χ2n) is 20.0. The van der Waals surface area contributed by atoms with E-state index in [9.17, 15) is 0 Å². The lowest BCUT2D eigenvalue weighted by molar-refractivity contribution is 0.590. The Kier molecular flexibility index (Phi) is 7.13. The minimum Gasteiger partial charge on any atom is -0.455 e. The van der Waals surface area contributed by atoms with Crippen molar-refractivity contribution in [3.05, 3.63) is 186 Å². The highest BCUT2D eigenvalue weighted by molar-refractivity contribution is 6.20. The SMILES string of the molecule is CC(C)(C)c1ccc(N(c2cc3c(c4ccccc24)-c2c(ccc4c2oc2ccccc24)C3(C)C)c2cc3c(c4ccccc24)-c2c(ccc4c2oc2ccccc24)C3(C)C)cc1. The average molecular weight is 814 g/mol. The van der Waals surface area contributed by atoms with E-state index >= 15 is 0 Å². The van der Waals surface area contributed by atoms with Crippen molar-refractivity contribution in [2.75, 3.05) is 4.90 Å². The van der Waals surface area contributed by atoms with Gasteiger partial charge in [-0.15, -0.1) is 0 Å². The third kappa shape index (κ3) is 4.80. The van der Waals surface area contributed by atoms with Crippen molar-refractivity contribution >= 4 is 82.5 Å². The molecule has 3 heteroatoms. The van der Waals surface area contributed by atoms with Gasteiger partial charge in [0.2, 0.25) is 0 Å². The monoisotopic (exact) mass is 813 g/mol. The van der Waals surface area contributed by atoms with Crippen LogP contribution in [0.4, 0.5) is 17.1 Å². The van der Waals surface area contributed by atoms with Crippen LogP contribution in [0.3, 0.4) is 0 Å². The number of hydrogen-bond donors (Lipinski definition) is 0. The van der Waals surface area contributed by atoms with Gasteiger partial charge in [-0.05, 0) is 91.5 Å². The molecular weight excluding hydrogens is 767 g/mol. The Bertz CT molecular complexity index is 3550. The summed E-state index contributed by atoms with van der Waals surface area (Å²) >= 11 is 0. The van der Waals surface area contributed by atoms with E-state index in [-0.39, 0.29) is 16.2 Å². The molecule has 13 rings (SSSR count). The minimum absolute atomic E-state index is 0.0134. The Morgan fingerprint density at radius 1 is 0.381 bits per heavy atom. The second kappa shape index (κ2) is 12.3. The van der Waals surface area contributed by atoms with Crippen molar-refractivity contribution in [3.8, 4) is 22.3 Å². The summed E-state index contributed by atoms with van der Waals surface area (Å²) in [7, 11) is 0. The summed E-state index contributed by atoms with van der Waals surface area (Å²) in [5.41, 5.74) is 18.1. The van der Waals surface area contributed by atoms with Crippen molar-refractivity contribution in [1.29, 1.82) is 0 Å².